The van der Waals surface area contributed by atoms with E-state index in [0.717, 1.165) is 22.2 Å². The number of anilines is 2. The van der Waals surface area contributed by atoms with Gasteiger partial charge in [-0.05, 0) is 79.2 Å². The Morgan fingerprint density at radius 3 is 2.46 bits per heavy atom. The standard InChI is InChI=1S/C30H29N3O7S/c1-4-39-23-11-6-5-10-22(23)32-28(35)18-40-24-13-12-20(15-25(24)38-3)16-26-29(36)33(30(37)41-26)17-27(34)31-21-9-7-8-19(2)14-21/h5-16H,4,17-18H2,1-3H3,(H,31,34)(H,32,35)/b26-16+. The quantitative estimate of drug-likeness (QED) is 0.303. The molecule has 3 aromatic carbocycles. The number of nitrogens with zero attached hydrogens (tertiary/aromatic N) is 1. The Balaban J connectivity index is 1.38. The van der Waals surface area contributed by atoms with Gasteiger partial charge >= 0.3 is 0 Å². The maximum Gasteiger partial charge on any atom is 0.294 e. The number of hydrogen-bond acceptors (Lipinski definition) is 8. The molecule has 1 heterocycles. The Morgan fingerprint density at radius 1 is 0.902 bits per heavy atom. The monoisotopic (exact) mass is 575 g/mol. The first kappa shape index (κ1) is 29.2. The minimum absolute atomic E-state index is 0.168. The van der Waals surface area contributed by atoms with Crippen LogP contribution in [0.15, 0.2) is 71.6 Å². The Morgan fingerprint density at radius 2 is 1.71 bits per heavy atom. The van der Waals surface area contributed by atoms with Gasteiger partial charge in [-0.1, -0.05) is 30.3 Å². The van der Waals surface area contributed by atoms with E-state index >= 15 is 0 Å². The third-order valence-corrected chi connectivity index (χ3v) is 6.69. The Hall–Kier alpha value is -4.77. The van der Waals surface area contributed by atoms with Gasteiger partial charge < -0.3 is 24.8 Å². The zero-order valence-corrected chi connectivity index (χ0v) is 23.6. The van der Waals surface area contributed by atoms with Crippen LogP contribution in [-0.2, 0) is 14.4 Å². The predicted molar refractivity (Wildman–Crippen MR) is 157 cm³/mol. The summed E-state index contributed by atoms with van der Waals surface area (Å²) < 4.78 is 16.6. The summed E-state index contributed by atoms with van der Waals surface area (Å²) in [4.78, 5) is 51.4. The predicted octanol–water partition coefficient (Wildman–Crippen LogP) is 5.09. The van der Waals surface area contributed by atoms with Gasteiger partial charge in [0, 0.05) is 5.69 Å². The molecule has 10 nitrogen and oxygen atoms in total. The number of imide groups is 1. The number of nitrogens with one attached hydrogen (secondary N) is 2. The Bertz CT molecular complexity index is 1500. The molecule has 41 heavy (non-hydrogen) atoms. The third kappa shape index (κ3) is 7.67. The van der Waals surface area contributed by atoms with Crippen LogP contribution in [0.1, 0.15) is 18.1 Å². The summed E-state index contributed by atoms with van der Waals surface area (Å²) in [6, 6.07) is 19.2. The SMILES string of the molecule is CCOc1ccccc1NC(=O)COc1ccc(/C=C2/SC(=O)N(CC(=O)Nc3cccc(C)c3)C2=O)cc1OC. The topological polar surface area (TPSA) is 123 Å². The van der Waals surface area contributed by atoms with Crippen LogP contribution in [0, 0.1) is 6.92 Å². The lowest BCUT2D eigenvalue weighted by Crippen LogP contribution is -2.36. The molecule has 1 fully saturated rings. The van der Waals surface area contributed by atoms with Crippen molar-refractivity contribution in [3.63, 3.8) is 0 Å². The molecule has 1 aliphatic heterocycles. The highest BCUT2D eigenvalue weighted by Gasteiger charge is 2.36. The fourth-order valence-electron chi connectivity index (χ4n) is 3.93. The van der Waals surface area contributed by atoms with Crippen molar-refractivity contribution < 1.29 is 33.4 Å². The molecule has 0 bridgehead atoms. The van der Waals surface area contributed by atoms with Crippen LogP contribution in [0.25, 0.3) is 6.08 Å². The number of para-hydroxylation sites is 2. The van der Waals surface area contributed by atoms with E-state index in [1.807, 2.05) is 26.0 Å². The van der Waals surface area contributed by atoms with Gasteiger partial charge in [0.2, 0.25) is 5.91 Å². The van der Waals surface area contributed by atoms with Gasteiger partial charge in [0.15, 0.2) is 18.1 Å². The van der Waals surface area contributed by atoms with Gasteiger partial charge in [0.05, 0.1) is 24.3 Å². The fraction of sp³-hybridized carbons (Fsp3) is 0.200. The highest BCUT2D eigenvalue weighted by molar-refractivity contribution is 8.18. The molecule has 0 atom stereocenters. The van der Waals surface area contributed by atoms with Crippen LogP contribution in [0.4, 0.5) is 16.2 Å². The molecule has 2 N–H and O–H groups in total. The summed E-state index contributed by atoms with van der Waals surface area (Å²) in [5, 5.41) is 4.92. The molecule has 0 radical (unpaired) electrons. The third-order valence-electron chi connectivity index (χ3n) is 5.78. The molecule has 0 saturated carbocycles. The van der Waals surface area contributed by atoms with Crippen molar-refractivity contribution in [2.45, 2.75) is 13.8 Å². The van der Waals surface area contributed by atoms with E-state index in [9.17, 15) is 19.2 Å². The average Bonchev–Trinajstić information content (AvgIpc) is 3.20. The number of aryl methyl sites for hydroxylation is 1. The summed E-state index contributed by atoms with van der Waals surface area (Å²) in [7, 11) is 1.45. The number of methoxy groups -OCH3 is 1. The van der Waals surface area contributed by atoms with Gasteiger partial charge in [-0.15, -0.1) is 0 Å². The van der Waals surface area contributed by atoms with Gasteiger partial charge in [0.25, 0.3) is 17.1 Å². The van der Waals surface area contributed by atoms with Crippen molar-refractivity contribution in [2.75, 3.05) is 37.5 Å². The molecule has 3 aromatic rings. The Kier molecular flexibility index (Phi) is 9.64. The molecule has 4 amide bonds. The summed E-state index contributed by atoms with van der Waals surface area (Å²) in [5.74, 6) is -0.225. The zero-order valence-electron chi connectivity index (χ0n) is 22.8. The molecule has 1 saturated heterocycles. The fourth-order valence-corrected chi connectivity index (χ4v) is 4.77. The molecule has 1 aliphatic rings. The van der Waals surface area contributed by atoms with Gasteiger partial charge in [-0.2, -0.15) is 0 Å². The van der Waals surface area contributed by atoms with Crippen molar-refractivity contribution in [3.8, 4) is 17.2 Å². The maximum atomic E-state index is 12.9. The number of carbonyl (C=O) groups excluding carboxylic acids is 4. The lowest BCUT2D eigenvalue weighted by atomic mass is 10.2. The van der Waals surface area contributed by atoms with E-state index in [1.54, 1.807) is 54.6 Å². The van der Waals surface area contributed by atoms with E-state index in [0.29, 0.717) is 40.8 Å². The van der Waals surface area contributed by atoms with E-state index in [-0.39, 0.29) is 17.4 Å². The molecular weight excluding hydrogens is 546 g/mol. The first-order chi connectivity index (χ1) is 19.8. The van der Waals surface area contributed by atoms with E-state index in [4.69, 9.17) is 14.2 Å². The second-order valence-corrected chi connectivity index (χ2v) is 9.86. The molecule has 212 valence electrons. The van der Waals surface area contributed by atoms with E-state index in [1.165, 1.54) is 13.2 Å². The van der Waals surface area contributed by atoms with E-state index in [2.05, 4.69) is 10.6 Å². The zero-order chi connectivity index (χ0) is 29.4. The molecule has 11 heteroatoms. The molecule has 0 aliphatic carbocycles. The van der Waals surface area contributed by atoms with Crippen molar-refractivity contribution in [2.24, 2.45) is 0 Å². The first-order valence-corrected chi connectivity index (χ1v) is 13.5. The number of hydrogen-bond donors (Lipinski definition) is 2. The average molecular weight is 576 g/mol. The number of ether oxygens (including phenoxy) is 3. The van der Waals surface area contributed by atoms with Crippen molar-refractivity contribution >= 4 is 52.2 Å². The lowest BCUT2D eigenvalue weighted by molar-refractivity contribution is -0.127. The summed E-state index contributed by atoms with van der Waals surface area (Å²) in [6.07, 6.45) is 1.53. The number of rotatable bonds is 11. The van der Waals surface area contributed by atoms with Crippen molar-refractivity contribution in [1.82, 2.24) is 4.90 Å². The number of amides is 4. The minimum Gasteiger partial charge on any atom is -0.493 e. The second-order valence-electron chi connectivity index (χ2n) is 8.86. The highest BCUT2D eigenvalue weighted by Crippen LogP contribution is 2.34. The van der Waals surface area contributed by atoms with Crippen LogP contribution in [-0.4, -0.2) is 54.7 Å². The van der Waals surface area contributed by atoms with Crippen LogP contribution >= 0.6 is 11.8 Å². The number of thioether (sulfide) groups is 1. The normalized spacial score (nSPS) is 13.7. The van der Waals surface area contributed by atoms with Crippen LogP contribution in [0.2, 0.25) is 0 Å². The van der Waals surface area contributed by atoms with Crippen LogP contribution in [0.3, 0.4) is 0 Å². The van der Waals surface area contributed by atoms with Gasteiger partial charge in [-0.25, -0.2) is 0 Å². The molecule has 4 rings (SSSR count). The summed E-state index contributed by atoms with van der Waals surface area (Å²) >= 11 is 0.748. The van der Waals surface area contributed by atoms with E-state index < -0.39 is 23.6 Å². The highest BCUT2D eigenvalue weighted by atomic mass is 32.2. The van der Waals surface area contributed by atoms with Crippen LogP contribution < -0.4 is 24.8 Å². The van der Waals surface area contributed by atoms with Crippen molar-refractivity contribution in [3.05, 3.63) is 82.8 Å². The molecule has 0 spiro atoms. The number of benzene rings is 3. The van der Waals surface area contributed by atoms with Gasteiger partial charge in [-0.3, -0.25) is 24.1 Å². The number of carbonyl (C=O) groups is 4. The van der Waals surface area contributed by atoms with Crippen LogP contribution in [0.5, 0.6) is 17.2 Å². The molecule has 0 aromatic heterocycles. The van der Waals surface area contributed by atoms with Crippen molar-refractivity contribution in [1.29, 1.82) is 0 Å². The minimum atomic E-state index is -0.567. The molecule has 0 unspecified atom stereocenters. The lowest BCUT2D eigenvalue weighted by Gasteiger charge is -2.13. The summed E-state index contributed by atoms with van der Waals surface area (Å²) in [5.41, 5.74) is 2.65. The smallest absolute Gasteiger partial charge is 0.294 e. The second kappa shape index (κ2) is 13.5. The maximum absolute atomic E-state index is 12.9. The summed E-state index contributed by atoms with van der Waals surface area (Å²) in [6.45, 7) is 3.53. The first-order valence-electron chi connectivity index (χ1n) is 12.7. The van der Waals surface area contributed by atoms with Gasteiger partial charge in [0.1, 0.15) is 12.3 Å². The Labute approximate surface area is 241 Å². The largest absolute Gasteiger partial charge is 0.493 e. The molecular formula is C30H29N3O7S.